The highest BCUT2D eigenvalue weighted by molar-refractivity contribution is 6.29. The average molecular weight is 285 g/mol. The number of hydrogen-bond acceptors (Lipinski definition) is 5. The van der Waals surface area contributed by atoms with Gasteiger partial charge in [-0.15, -0.1) is 0 Å². The Balaban J connectivity index is 1.84. The summed E-state index contributed by atoms with van der Waals surface area (Å²) in [5, 5.41) is 3.10. The molecule has 1 saturated heterocycles. The third-order valence-corrected chi connectivity index (χ3v) is 3.03. The van der Waals surface area contributed by atoms with E-state index in [2.05, 4.69) is 20.2 Å². The monoisotopic (exact) mass is 284 g/mol. The lowest BCUT2D eigenvalue weighted by molar-refractivity contribution is 0.0342. The summed E-state index contributed by atoms with van der Waals surface area (Å²) >= 11 is 5.71. The zero-order valence-corrected chi connectivity index (χ0v) is 11.6. The first-order valence-electron chi connectivity index (χ1n) is 6.23. The fraction of sp³-hybridized carbons (Fsp3) is 0.583. The highest BCUT2D eigenvalue weighted by Crippen LogP contribution is 2.03. The van der Waals surface area contributed by atoms with Crippen LogP contribution < -0.4 is 5.32 Å². The van der Waals surface area contributed by atoms with E-state index in [9.17, 15) is 4.79 Å². The molecule has 6 nitrogen and oxygen atoms in total. The summed E-state index contributed by atoms with van der Waals surface area (Å²) < 4.78 is 5.28. The van der Waals surface area contributed by atoms with E-state index < -0.39 is 0 Å². The Morgan fingerprint density at radius 3 is 2.95 bits per heavy atom. The fourth-order valence-electron chi connectivity index (χ4n) is 1.97. The van der Waals surface area contributed by atoms with Gasteiger partial charge in [0.25, 0.3) is 5.91 Å². The Kier molecular flexibility index (Phi) is 5.07. The molecule has 0 aromatic carbocycles. The van der Waals surface area contributed by atoms with Crippen LogP contribution in [0.5, 0.6) is 0 Å². The van der Waals surface area contributed by atoms with Crippen LogP contribution in [0.25, 0.3) is 0 Å². The minimum absolute atomic E-state index is 0.0337. The molecule has 1 aromatic rings. The van der Waals surface area contributed by atoms with Crippen LogP contribution in [0.1, 0.15) is 17.4 Å². The van der Waals surface area contributed by atoms with Crippen molar-refractivity contribution in [2.24, 2.45) is 0 Å². The van der Waals surface area contributed by atoms with Crippen LogP contribution in [-0.4, -0.2) is 59.7 Å². The summed E-state index contributed by atoms with van der Waals surface area (Å²) in [5.74, 6) is -0.254. The molecule has 1 atom stereocenters. The fourth-order valence-corrected chi connectivity index (χ4v) is 2.11. The highest BCUT2D eigenvalue weighted by atomic mass is 35.5. The van der Waals surface area contributed by atoms with E-state index in [1.54, 1.807) is 0 Å². The first-order chi connectivity index (χ1) is 9.15. The smallest absolute Gasteiger partial charge is 0.271 e. The molecule has 1 aliphatic rings. The molecule has 0 radical (unpaired) electrons. The number of halogens is 1. The van der Waals surface area contributed by atoms with Crippen LogP contribution in [-0.2, 0) is 4.74 Å². The molecule has 0 aliphatic carbocycles. The molecule has 104 valence electrons. The van der Waals surface area contributed by atoms with Gasteiger partial charge in [0.1, 0.15) is 10.8 Å². The van der Waals surface area contributed by atoms with Gasteiger partial charge in [-0.05, 0) is 6.92 Å². The Morgan fingerprint density at radius 2 is 2.26 bits per heavy atom. The van der Waals surface area contributed by atoms with Gasteiger partial charge in [-0.3, -0.25) is 14.7 Å². The molecule has 19 heavy (non-hydrogen) atoms. The molecule has 0 bridgehead atoms. The normalized spacial score (nSPS) is 18.0. The second-order valence-corrected chi connectivity index (χ2v) is 4.90. The van der Waals surface area contributed by atoms with Crippen molar-refractivity contribution in [3.63, 3.8) is 0 Å². The molecule has 2 heterocycles. The third-order valence-electron chi connectivity index (χ3n) is 2.85. The second-order valence-electron chi connectivity index (χ2n) is 4.51. The molecule has 7 heteroatoms. The van der Waals surface area contributed by atoms with Crippen LogP contribution in [0, 0.1) is 0 Å². The molecule has 0 saturated carbocycles. The molecule has 1 fully saturated rings. The van der Waals surface area contributed by atoms with Crippen LogP contribution >= 0.6 is 11.6 Å². The van der Waals surface area contributed by atoms with Gasteiger partial charge in [0.2, 0.25) is 0 Å². The Morgan fingerprint density at radius 1 is 1.53 bits per heavy atom. The molecule has 1 N–H and O–H groups in total. The van der Waals surface area contributed by atoms with Crippen molar-refractivity contribution in [2.45, 2.75) is 13.0 Å². The Hall–Kier alpha value is -1.24. The molecule has 1 unspecified atom stereocenters. The predicted octanol–water partition coefficient (Wildman–Crippen LogP) is 0.581. The largest absolute Gasteiger partial charge is 0.379 e. The third kappa shape index (κ3) is 4.41. The number of nitrogens with zero attached hydrogens (tertiary/aromatic N) is 3. The van der Waals surface area contributed by atoms with Crippen LogP contribution in [0.3, 0.4) is 0 Å². The van der Waals surface area contributed by atoms with Gasteiger partial charge >= 0.3 is 0 Å². The number of aromatic nitrogens is 2. The first-order valence-corrected chi connectivity index (χ1v) is 6.61. The SMILES string of the molecule is CC(CN1CCOCC1)NC(=O)c1cncc(Cl)n1. The van der Waals surface area contributed by atoms with Crippen molar-refractivity contribution in [3.8, 4) is 0 Å². The van der Waals surface area contributed by atoms with Gasteiger partial charge in [-0.2, -0.15) is 0 Å². The van der Waals surface area contributed by atoms with Crippen LogP contribution in [0.15, 0.2) is 12.4 Å². The number of nitrogens with one attached hydrogen (secondary N) is 1. The molecule has 1 amide bonds. The van der Waals surface area contributed by atoms with Gasteiger partial charge in [0.05, 0.1) is 25.6 Å². The lowest BCUT2D eigenvalue weighted by Crippen LogP contribution is -2.46. The van der Waals surface area contributed by atoms with Crippen molar-refractivity contribution in [1.29, 1.82) is 0 Å². The number of carbonyl (C=O) groups is 1. The molecular weight excluding hydrogens is 268 g/mol. The number of amides is 1. The number of hydrogen-bond donors (Lipinski definition) is 1. The van der Waals surface area contributed by atoms with Crippen molar-refractivity contribution in [3.05, 3.63) is 23.2 Å². The second kappa shape index (κ2) is 6.79. The molecule has 2 rings (SSSR count). The van der Waals surface area contributed by atoms with Gasteiger partial charge in [0, 0.05) is 25.7 Å². The van der Waals surface area contributed by atoms with Crippen LogP contribution in [0.4, 0.5) is 0 Å². The maximum absolute atomic E-state index is 11.9. The summed E-state index contributed by atoms with van der Waals surface area (Å²) in [6.07, 6.45) is 2.80. The van der Waals surface area contributed by atoms with E-state index in [1.807, 2.05) is 6.92 Å². The van der Waals surface area contributed by atoms with Crippen molar-refractivity contribution in [1.82, 2.24) is 20.2 Å². The summed E-state index contributed by atoms with van der Waals surface area (Å²) in [7, 11) is 0. The van der Waals surface area contributed by atoms with E-state index in [1.165, 1.54) is 12.4 Å². The summed E-state index contributed by atoms with van der Waals surface area (Å²) in [6.45, 7) is 6.06. The lowest BCUT2D eigenvalue weighted by Gasteiger charge is -2.29. The zero-order valence-electron chi connectivity index (χ0n) is 10.8. The minimum Gasteiger partial charge on any atom is -0.379 e. The van der Waals surface area contributed by atoms with E-state index in [0.29, 0.717) is 0 Å². The van der Waals surface area contributed by atoms with Crippen molar-refractivity contribution in [2.75, 3.05) is 32.8 Å². The molecule has 1 aromatic heterocycles. The molecular formula is C12H17ClN4O2. The van der Waals surface area contributed by atoms with Gasteiger partial charge in [-0.1, -0.05) is 11.6 Å². The quantitative estimate of drug-likeness (QED) is 0.876. The number of rotatable bonds is 4. The van der Waals surface area contributed by atoms with Gasteiger partial charge in [-0.25, -0.2) is 4.98 Å². The standard InChI is InChI=1S/C12H17ClN4O2/c1-9(8-17-2-4-19-5-3-17)15-12(18)10-6-14-7-11(13)16-10/h6-7,9H,2-5,8H2,1H3,(H,15,18). The van der Waals surface area contributed by atoms with E-state index in [-0.39, 0.29) is 22.8 Å². The Bertz CT molecular complexity index is 437. The predicted molar refractivity (Wildman–Crippen MR) is 71.2 cm³/mol. The lowest BCUT2D eigenvalue weighted by atomic mass is 10.2. The number of morpholine rings is 1. The molecule has 0 spiro atoms. The highest BCUT2D eigenvalue weighted by Gasteiger charge is 2.16. The average Bonchev–Trinajstić information content (AvgIpc) is 2.39. The summed E-state index contributed by atoms with van der Waals surface area (Å²) in [6, 6.07) is 0.0337. The summed E-state index contributed by atoms with van der Waals surface area (Å²) in [4.78, 5) is 22.0. The maximum Gasteiger partial charge on any atom is 0.271 e. The maximum atomic E-state index is 11.9. The van der Waals surface area contributed by atoms with Crippen molar-refractivity contribution >= 4 is 17.5 Å². The first kappa shape index (κ1) is 14.2. The number of ether oxygens (including phenoxy) is 1. The Labute approximate surface area is 117 Å². The molecule has 1 aliphatic heterocycles. The summed E-state index contributed by atoms with van der Waals surface area (Å²) in [5.41, 5.74) is 0.237. The van der Waals surface area contributed by atoms with Crippen LogP contribution in [0.2, 0.25) is 5.15 Å². The van der Waals surface area contributed by atoms with E-state index in [4.69, 9.17) is 16.3 Å². The van der Waals surface area contributed by atoms with E-state index in [0.717, 1.165) is 32.8 Å². The van der Waals surface area contributed by atoms with Gasteiger partial charge < -0.3 is 10.1 Å². The van der Waals surface area contributed by atoms with Gasteiger partial charge in [0.15, 0.2) is 0 Å². The zero-order chi connectivity index (χ0) is 13.7. The van der Waals surface area contributed by atoms with E-state index >= 15 is 0 Å². The topological polar surface area (TPSA) is 67.3 Å². The minimum atomic E-state index is -0.254. The van der Waals surface area contributed by atoms with Crippen molar-refractivity contribution < 1.29 is 9.53 Å². The number of carbonyl (C=O) groups excluding carboxylic acids is 1.